The van der Waals surface area contributed by atoms with Crippen molar-refractivity contribution in [2.24, 2.45) is 0 Å². The molecular weight excluding hydrogens is 238 g/mol. The second-order valence-corrected chi connectivity index (χ2v) is 5.16. The Morgan fingerprint density at radius 1 is 1.26 bits per heavy atom. The Balaban J connectivity index is 1.66. The minimum Gasteiger partial charge on any atom is -0.387 e. The number of rotatable bonds is 3. The lowest BCUT2D eigenvalue weighted by Gasteiger charge is -2.29. The molecule has 0 saturated carbocycles. The van der Waals surface area contributed by atoms with Crippen molar-refractivity contribution in [1.29, 1.82) is 0 Å². The van der Waals surface area contributed by atoms with E-state index in [1.165, 1.54) is 5.69 Å². The van der Waals surface area contributed by atoms with Crippen molar-refractivity contribution in [2.75, 3.05) is 13.1 Å². The molecule has 3 rings (SSSR count). The van der Waals surface area contributed by atoms with Crippen LogP contribution in [0, 0.1) is 6.92 Å². The molecule has 19 heavy (non-hydrogen) atoms. The number of β-amino-alcohol motifs (C(OH)–C–C–N with tert-alkyl or cyclic N) is 1. The average Bonchev–Trinajstić information content (AvgIpc) is 2.79. The van der Waals surface area contributed by atoms with Gasteiger partial charge >= 0.3 is 0 Å². The normalized spacial score (nSPS) is 17.2. The van der Waals surface area contributed by atoms with Gasteiger partial charge in [0.2, 0.25) is 0 Å². The molecule has 2 aromatic rings. The second kappa shape index (κ2) is 5.15. The van der Waals surface area contributed by atoms with Gasteiger partial charge in [-0.25, -0.2) is 0 Å². The number of hydrogen-bond donors (Lipinski definition) is 1. The van der Waals surface area contributed by atoms with Crippen molar-refractivity contribution in [1.82, 2.24) is 14.7 Å². The Morgan fingerprint density at radius 2 is 2.05 bits per heavy atom. The summed E-state index contributed by atoms with van der Waals surface area (Å²) in [5.74, 6) is 0. The van der Waals surface area contributed by atoms with Gasteiger partial charge in [-0.05, 0) is 18.6 Å². The molecule has 0 saturated heterocycles. The highest BCUT2D eigenvalue weighted by Crippen LogP contribution is 2.18. The molecule has 1 aliphatic rings. The number of aliphatic hydroxyl groups excluding tert-OH is 1. The smallest absolute Gasteiger partial charge is 0.0917 e. The third kappa shape index (κ3) is 2.69. The van der Waals surface area contributed by atoms with E-state index in [4.69, 9.17) is 0 Å². The first-order chi connectivity index (χ1) is 9.22. The molecule has 1 aliphatic heterocycles. The Kier molecular flexibility index (Phi) is 3.36. The Bertz CT molecular complexity index is 550. The van der Waals surface area contributed by atoms with Gasteiger partial charge in [-0.3, -0.25) is 9.58 Å². The van der Waals surface area contributed by atoms with Gasteiger partial charge in [0, 0.05) is 19.6 Å². The standard InChI is InChI=1S/C15H19N3O/c1-12-9-14-10-17(7-8-18(14)16-12)11-15(19)13-5-3-2-4-6-13/h2-6,9,15,19H,7-8,10-11H2,1H3/t15-/m0/s1. The van der Waals surface area contributed by atoms with Crippen LogP contribution in [0.25, 0.3) is 0 Å². The number of aromatic nitrogens is 2. The highest BCUT2D eigenvalue weighted by Gasteiger charge is 2.20. The van der Waals surface area contributed by atoms with Crippen LogP contribution in [0.1, 0.15) is 23.1 Å². The first kappa shape index (κ1) is 12.4. The maximum absolute atomic E-state index is 10.3. The molecule has 0 amide bonds. The van der Waals surface area contributed by atoms with Gasteiger partial charge < -0.3 is 5.11 Å². The summed E-state index contributed by atoms with van der Waals surface area (Å²) < 4.78 is 2.07. The maximum Gasteiger partial charge on any atom is 0.0917 e. The zero-order valence-electron chi connectivity index (χ0n) is 11.2. The molecule has 0 spiro atoms. The lowest BCUT2D eigenvalue weighted by Crippen LogP contribution is -2.36. The van der Waals surface area contributed by atoms with Gasteiger partial charge in [-0.2, -0.15) is 5.10 Å². The average molecular weight is 257 g/mol. The summed E-state index contributed by atoms with van der Waals surface area (Å²) in [6.07, 6.45) is -0.420. The molecule has 0 aliphatic carbocycles. The highest BCUT2D eigenvalue weighted by molar-refractivity contribution is 5.18. The van der Waals surface area contributed by atoms with E-state index >= 15 is 0 Å². The molecule has 2 heterocycles. The van der Waals surface area contributed by atoms with Crippen molar-refractivity contribution >= 4 is 0 Å². The second-order valence-electron chi connectivity index (χ2n) is 5.16. The quantitative estimate of drug-likeness (QED) is 0.910. The molecule has 1 aromatic carbocycles. The fraction of sp³-hybridized carbons (Fsp3) is 0.400. The van der Waals surface area contributed by atoms with Gasteiger partial charge in [-0.15, -0.1) is 0 Å². The monoisotopic (exact) mass is 257 g/mol. The predicted octanol–water partition coefficient (Wildman–Crippen LogP) is 1.74. The van der Waals surface area contributed by atoms with Crippen LogP contribution < -0.4 is 0 Å². The van der Waals surface area contributed by atoms with Crippen LogP contribution in [0.3, 0.4) is 0 Å². The van der Waals surface area contributed by atoms with Crippen molar-refractivity contribution < 1.29 is 5.11 Å². The number of hydrogen-bond acceptors (Lipinski definition) is 3. The van der Waals surface area contributed by atoms with E-state index in [0.29, 0.717) is 6.54 Å². The minimum atomic E-state index is -0.420. The van der Waals surface area contributed by atoms with Crippen LogP contribution >= 0.6 is 0 Å². The number of fused-ring (bicyclic) bond motifs is 1. The van der Waals surface area contributed by atoms with E-state index in [-0.39, 0.29) is 0 Å². The first-order valence-corrected chi connectivity index (χ1v) is 6.71. The van der Waals surface area contributed by atoms with Crippen LogP contribution in [0.4, 0.5) is 0 Å². The van der Waals surface area contributed by atoms with Crippen LogP contribution in [0.15, 0.2) is 36.4 Å². The molecule has 1 aromatic heterocycles. The van der Waals surface area contributed by atoms with Crippen LogP contribution in [0.2, 0.25) is 0 Å². The van der Waals surface area contributed by atoms with Gasteiger partial charge in [0.05, 0.1) is 24.0 Å². The molecule has 1 atom stereocenters. The van der Waals surface area contributed by atoms with E-state index in [1.807, 2.05) is 37.3 Å². The third-order valence-electron chi connectivity index (χ3n) is 3.61. The van der Waals surface area contributed by atoms with E-state index in [1.54, 1.807) is 0 Å². The molecule has 0 fully saturated rings. The fourth-order valence-electron chi connectivity index (χ4n) is 2.65. The summed E-state index contributed by atoms with van der Waals surface area (Å²) in [6, 6.07) is 12.0. The topological polar surface area (TPSA) is 41.3 Å². The summed E-state index contributed by atoms with van der Waals surface area (Å²) in [4.78, 5) is 2.29. The van der Waals surface area contributed by atoms with E-state index < -0.39 is 6.10 Å². The third-order valence-corrected chi connectivity index (χ3v) is 3.61. The highest BCUT2D eigenvalue weighted by atomic mass is 16.3. The van der Waals surface area contributed by atoms with Gasteiger partial charge in [0.25, 0.3) is 0 Å². The lowest BCUT2D eigenvalue weighted by atomic mass is 10.1. The zero-order valence-corrected chi connectivity index (χ0v) is 11.2. The molecule has 0 unspecified atom stereocenters. The van der Waals surface area contributed by atoms with Gasteiger partial charge in [0.1, 0.15) is 0 Å². The molecule has 1 N–H and O–H groups in total. The maximum atomic E-state index is 10.3. The van der Waals surface area contributed by atoms with Crippen LogP contribution in [-0.2, 0) is 13.1 Å². The summed E-state index contributed by atoms with van der Waals surface area (Å²) in [5, 5.41) is 14.7. The largest absolute Gasteiger partial charge is 0.387 e. The van der Waals surface area contributed by atoms with E-state index in [2.05, 4.69) is 20.7 Å². The Hall–Kier alpha value is -1.65. The van der Waals surface area contributed by atoms with Gasteiger partial charge in [-0.1, -0.05) is 30.3 Å². The fourth-order valence-corrected chi connectivity index (χ4v) is 2.65. The molecule has 100 valence electrons. The number of aliphatic hydroxyl groups is 1. The van der Waals surface area contributed by atoms with Crippen molar-refractivity contribution in [3.63, 3.8) is 0 Å². The predicted molar refractivity (Wildman–Crippen MR) is 73.6 cm³/mol. The van der Waals surface area contributed by atoms with Crippen molar-refractivity contribution in [3.8, 4) is 0 Å². The summed E-state index contributed by atoms with van der Waals surface area (Å²) >= 11 is 0. The summed E-state index contributed by atoms with van der Waals surface area (Å²) in [6.45, 7) is 5.41. The molecule has 4 nitrogen and oxygen atoms in total. The molecule has 4 heteroatoms. The number of benzene rings is 1. The van der Waals surface area contributed by atoms with Gasteiger partial charge in [0.15, 0.2) is 0 Å². The number of aryl methyl sites for hydroxylation is 1. The minimum absolute atomic E-state index is 0.420. The number of nitrogens with zero attached hydrogens (tertiary/aromatic N) is 3. The summed E-state index contributed by atoms with van der Waals surface area (Å²) in [7, 11) is 0. The molecular formula is C15H19N3O. The summed E-state index contributed by atoms with van der Waals surface area (Å²) in [5.41, 5.74) is 3.29. The Morgan fingerprint density at radius 3 is 2.84 bits per heavy atom. The molecule has 0 bridgehead atoms. The SMILES string of the molecule is Cc1cc2n(n1)CCN(C[C@H](O)c1ccccc1)C2. The van der Waals surface area contributed by atoms with Crippen molar-refractivity contribution in [3.05, 3.63) is 53.3 Å². The first-order valence-electron chi connectivity index (χ1n) is 6.71. The van der Waals surface area contributed by atoms with Crippen LogP contribution in [-0.4, -0.2) is 32.9 Å². The van der Waals surface area contributed by atoms with E-state index in [9.17, 15) is 5.11 Å². The molecule has 0 radical (unpaired) electrons. The van der Waals surface area contributed by atoms with E-state index in [0.717, 1.165) is 30.9 Å². The van der Waals surface area contributed by atoms with Crippen LogP contribution in [0.5, 0.6) is 0 Å². The zero-order chi connectivity index (χ0) is 13.2. The van der Waals surface area contributed by atoms with Crippen molar-refractivity contribution in [2.45, 2.75) is 26.1 Å². The Labute approximate surface area is 113 Å². The lowest BCUT2D eigenvalue weighted by molar-refractivity contribution is 0.0956.